The summed E-state index contributed by atoms with van der Waals surface area (Å²) in [5.41, 5.74) is 3.71. The third-order valence-electron chi connectivity index (χ3n) is 3.26. The molecule has 0 aliphatic heterocycles. The Bertz CT molecular complexity index is 701. The summed E-state index contributed by atoms with van der Waals surface area (Å²) in [5, 5.41) is 1.25. The van der Waals surface area contributed by atoms with Crippen molar-refractivity contribution in [3.05, 3.63) is 60.0 Å². The van der Waals surface area contributed by atoms with Crippen molar-refractivity contribution in [1.29, 1.82) is 0 Å². The number of hydrogen-bond acceptors (Lipinski definition) is 2. The first-order valence-electron chi connectivity index (χ1n) is 6.31. The lowest BCUT2D eigenvalue weighted by molar-refractivity contribution is 0.306. The van der Waals surface area contributed by atoms with Crippen molar-refractivity contribution in [2.75, 3.05) is 0 Å². The lowest BCUT2D eigenvalue weighted by Crippen LogP contribution is -1.94. The summed E-state index contributed by atoms with van der Waals surface area (Å²) in [6, 6.07) is 10.3. The number of nitrogens with zero attached hydrogens (tertiary/aromatic N) is 2. The van der Waals surface area contributed by atoms with E-state index in [4.69, 9.17) is 4.74 Å². The molecule has 0 bridgehead atoms. The van der Waals surface area contributed by atoms with Gasteiger partial charge in [-0.3, -0.25) is 4.98 Å². The van der Waals surface area contributed by atoms with Crippen LogP contribution in [0.25, 0.3) is 10.9 Å². The average molecular weight is 252 g/mol. The van der Waals surface area contributed by atoms with Crippen LogP contribution in [-0.2, 0) is 13.7 Å². The Labute approximate surface area is 112 Å². The number of ether oxygens (including phenoxy) is 1. The van der Waals surface area contributed by atoms with Gasteiger partial charge in [-0.2, -0.15) is 0 Å². The summed E-state index contributed by atoms with van der Waals surface area (Å²) in [6.07, 6.45) is 5.60. The van der Waals surface area contributed by atoms with Crippen molar-refractivity contribution in [2.24, 2.45) is 7.05 Å². The van der Waals surface area contributed by atoms with Gasteiger partial charge in [-0.15, -0.1) is 0 Å². The molecule has 0 spiro atoms. The maximum Gasteiger partial charge on any atom is 0.138 e. The second-order valence-electron chi connectivity index (χ2n) is 4.76. The number of pyridine rings is 1. The normalized spacial score (nSPS) is 10.8. The minimum absolute atomic E-state index is 0.562. The number of aryl methyl sites for hydroxylation is 2. The number of hydrogen-bond donors (Lipinski definition) is 0. The highest BCUT2D eigenvalue weighted by molar-refractivity contribution is 5.84. The molecular formula is C16H16N2O. The van der Waals surface area contributed by atoms with Gasteiger partial charge in [0.2, 0.25) is 0 Å². The van der Waals surface area contributed by atoms with Gasteiger partial charge in [0.05, 0.1) is 6.20 Å². The van der Waals surface area contributed by atoms with Crippen LogP contribution < -0.4 is 4.74 Å². The maximum atomic E-state index is 5.77. The molecule has 2 heterocycles. The lowest BCUT2D eigenvalue weighted by Gasteiger charge is -2.04. The van der Waals surface area contributed by atoms with Crippen molar-refractivity contribution in [3.63, 3.8) is 0 Å². The molecule has 3 nitrogen and oxygen atoms in total. The van der Waals surface area contributed by atoms with E-state index >= 15 is 0 Å². The van der Waals surface area contributed by atoms with Gasteiger partial charge in [0.15, 0.2) is 0 Å². The van der Waals surface area contributed by atoms with Gasteiger partial charge in [0.1, 0.15) is 12.4 Å². The smallest absolute Gasteiger partial charge is 0.138 e. The molecule has 3 rings (SSSR count). The van der Waals surface area contributed by atoms with Crippen molar-refractivity contribution < 1.29 is 4.74 Å². The molecule has 0 saturated heterocycles. The van der Waals surface area contributed by atoms with Crippen molar-refractivity contribution >= 4 is 10.9 Å². The highest BCUT2D eigenvalue weighted by Crippen LogP contribution is 2.23. The Hall–Kier alpha value is -2.29. The van der Waals surface area contributed by atoms with E-state index in [0.717, 1.165) is 5.75 Å². The highest BCUT2D eigenvalue weighted by Gasteiger charge is 2.07. The number of rotatable bonds is 3. The first kappa shape index (κ1) is 11.8. The molecule has 0 fully saturated rings. The molecule has 2 aromatic heterocycles. The van der Waals surface area contributed by atoms with E-state index < -0.39 is 0 Å². The molecule has 0 atom stereocenters. The van der Waals surface area contributed by atoms with Crippen LogP contribution in [0, 0.1) is 6.92 Å². The van der Waals surface area contributed by atoms with Gasteiger partial charge in [0, 0.05) is 35.9 Å². The Kier molecular flexibility index (Phi) is 2.95. The van der Waals surface area contributed by atoms with Crippen LogP contribution in [0.2, 0.25) is 0 Å². The molecule has 0 aliphatic carbocycles. The number of aromatic nitrogens is 2. The predicted octanol–water partition coefficient (Wildman–Crippen LogP) is 3.46. The zero-order chi connectivity index (χ0) is 13.2. The van der Waals surface area contributed by atoms with Gasteiger partial charge in [-0.25, -0.2) is 0 Å². The van der Waals surface area contributed by atoms with Crippen LogP contribution in [0.1, 0.15) is 11.1 Å². The van der Waals surface area contributed by atoms with Crippen LogP contribution in [-0.4, -0.2) is 9.55 Å². The molecule has 0 unspecified atom stereocenters. The molecule has 0 saturated carbocycles. The first-order valence-corrected chi connectivity index (χ1v) is 6.31. The third kappa shape index (κ3) is 2.32. The van der Waals surface area contributed by atoms with E-state index in [1.165, 1.54) is 22.0 Å². The molecule has 0 amide bonds. The second-order valence-corrected chi connectivity index (χ2v) is 4.76. The largest absolute Gasteiger partial charge is 0.487 e. The summed E-state index contributed by atoms with van der Waals surface area (Å²) in [7, 11) is 2.06. The Morgan fingerprint density at radius 2 is 2.16 bits per heavy atom. The van der Waals surface area contributed by atoms with Crippen molar-refractivity contribution in [2.45, 2.75) is 13.5 Å². The fourth-order valence-electron chi connectivity index (χ4n) is 2.29. The Morgan fingerprint density at radius 1 is 1.26 bits per heavy atom. The fraction of sp³-hybridized carbons (Fsp3) is 0.188. The molecule has 3 aromatic rings. The topological polar surface area (TPSA) is 27.1 Å². The van der Waals surface area contributed by atoms with Crippen LogP contribution in [0.15, 0.2) is 48.9 Å². The van der Waals surface area contributed by atoms with Gasteiger partial charge < -0.3 is 9.30 Å². The van der Waals surface area contributed by atoms with Crippen LogP contribution in [0.3, 0.4) is 0 Å². The van der Waals surface area contributed by atoms with E-state index in [-0.39, 0.29) is 0 Å². The fourth-order valence-corrected chi connectivity index (χ4v) is 2.29. The van der Waals surface area contributed by atoms with E-state index in [2.05, 4.69) is 47.9 Å². The summed E-state index contributed by atoms with van der Waals surface area (Å²) in [5.74, 6) is 0.798. The summed E-state index contributed by atoms with van der Waals surface area (Å²) < 4.78 is 7.91. The second kappa shape index (κ2) is 4.76. The summed E-state index contributed by atoms with van der Waals surface area (Å²) in [6.45, 7) is 2.67. The molecule has 96 valence electrons. The molecule has 3 heteroatoms. The van der Waals surface area contributed by atoms with E-state index in [9.17, 15) is 0 Å². The Morgan fingerprint density at radius 3 is 2.95 bits per heavy atom. The number of fused-ring (bicyclic) bond motifs is 1. The van der Waals surface area contributed by atoms with Gasteiger partial charge in [0.25, 0.3) is 0 Å². The molecule has 19 heavy (non-hydrogen) atoms. The summed E-state index contributed by atoms with van der Waals surface area (Å²) >= 11 is 0. The van der Waals surface area contributed by atoms with Gasteiger partial charge >= 0.3 is 0 Å². The molecule has 0 radical (unpaired) electrons. The van der Waals surface area contributed by atoms with Gasteiger partial charge in [-0.05, 0) is 30.7 Å². The quantitative estimate of drug-likeness (QED) is 0.713. The van der Waals surface area contributed by atoms with E-state index in [1.807, 2.05) is 12.1 Å². The van der Waals surface area contributed by atoms with Crippen molar-refractivity contribution in [1.82, 2.24) is 9.55 Å². The van der Waals surface area contributed by atoms with Crippen molar-refractivity contribution in [3.8, 4) is 5.75 Å². The first-order chi connectivity index (χ1) is 9.24. The van der Waals surface area contributed by atoms with E-state index in [1.54, 1.807) is 12.4 Å². The highest BCUT2D eigenvalue weighted by atomic mass is 16.5. The zero-order valence-electron chi connectivity index (χ0n) is 11.1. The Balaban J connectivity index is 1.89. The SMILES string of the molecule is Cc1ccc2c(COc3cccnc3)cn(C)c2c1. The van der Waals surface area contributed by atoms with Gasteiger partial charge in [-0.1, -0.05) is 12.1 Å². The zero-order valence-corrected chi connectivity index (χ0v) is 11.1. The minimum Gasteiger partial charge on any atom is -0.487 e. The molecule has 1 aromatic carbocycles. The predicted molar refractivity (Wildman–Crippen MR) is 76.2 cm³/mol. The van der Waals surface area contributed by atoms with Crippen LogP contribution in [0.5, 0.6) is 5.75 Å². The minimum atomic E-state index is 0.562. The monoisotopic (exact) mass is 252 g/mol. The average Bonchev–Trinajstić information content (AvgIpc) is 2.74. The molecule has 0 N–H and O–H groups in total. The molecular weight excluding hydrogens is 236 g/mol. The standard InChI is InChI=1S/C16H16N2O/c1-12-5-6-15-13(10-18(2)16(15)8-12)11-19-14-4-3-7-17-9-14/h3-10H,11H2,1-2H3. The lowest BCUT2D eigenvalue weighted by atomic mass is 10.1. The van der Waals surface area contributed by atoms with Crippen LogP contribution in [0.4, 0.5) is 0 Å². The van der Waals surface area contributed by atoms with E-state index in [0.29, 0.717) is 6.61 Å². The maximum absolute atomic E-state index is 5.77. The molecule has 0 aliphatic rings. The third-order valence-corrected chi connectivity index (χ3v) is 3.26. The summed E-state index contributed by atoms with van der Waals surface area (Å²) in [4.78, 5) is 4.05. The van der Waals surface area contributed by atoms with Crippen LogP contribution >= 0.6 is 0 Å². The number of benzene rings is 1.